The molecular weight excluding hydrogens is 409 g/mol. The number of urea groups is 1. The Morgan fingerprint density at radius 3 is 2.74 bits per heavy atom. The predicted molar refractivity (Wildman–Crippen MR) is 111 cm³/mol. The molecule has 31 heavy (non-hydrogen) atoms. The smallest absolute Gasteiger partial charge is 0.356 e. The molecule has 5 heterocycles. The van der Waals surface area contributed by atoms with Crippen molar-refractivity contribution in [2.24, 2.45) is 5.92 Å². The summed E-state index contributed by atoms with van der Waals surface area (Å²) >= 11 is 0. The third kappa shape index (κ3) is 3.64. The molecule has 1 N–H and O–H groups in total. The van der Waals surface area contributed by atoms with Gasteiger partial charge in [-0.25, -0.2) is 9.78 Å². The zero-order chi connectivity index (χ0) is 21.6. The summed E-state index contributed by atoms with van der Waals surface area (Å²) in [5.41, 5.74) is 1.42. The second kappa shape index (κ2) is 7.58. The largest absolute Gasteiger partial charge is 0.393 e. The molecule has 10 heteroatoms. The van der Waals surface area contributed by atoms with Crippen molar-refractivity contribution < 1.29 is 18.0 Å². The Morgan fingerprint density at radius 2 is 1.97 bits per heavy atom. The molecule has 2 fully saturated rings. The van der Waals surface area contributed by atoms with Crippen molar-refractivity contribution in [2.45, 2.75) is 38.0 Å². The van der Waals surface area contributed by atoms with Crippen molar-refractivity contribution in [3.05, 3.63) is 36.7 Å². The molecule has 0 spiro atoms. The molecule has 2 saturated heterocycles. The zero-order valence-corrected chi connectivity index (χ0v) is 16.8. The van der Waals surface area contributed by atoms with E-state index in [2.05, 4.69) is 20.2 Å². The van der Waals surface area contributed by atoms with Crippen molar-refractivity contribution in [3.8, 4) is 0 Å². The number of carbonyl (C=O) groups is 1. The van der Waals surface area contributed by atoms with Gasteiger partial charge in [0.1, 0.15) is 12.0 Å². The van der Waals surface area contributed by atoms with Crippen molar-refractivity contribution in [1.82, 2.24) is 9.97 Å². The number of piperidine rings is 1. The van der Waals surface area contributed by atoms with Crippen LogP contribution in [0.4, 0.5) is 41.0 Å². The van der Waals surface area contributed by atoms with E-state index in [0.29, 0.717) is 30.3 Å². The summed E-state index contributed by atoms with van der Waals surface area (Å²) in [6, 6.07) is 6.82. The summed E-state index contributed by atoms with van der Waals surface area (Å²) in [4.78, 5) is 27.3. The van der Waals surface area contributed by atoms with Crippen molar-refractivity contribution in [3.63, 3.8) is 0 Å². The van der Waals surface area contributed by atoms with Crippen molar-refractivity contribution in [1.29, 1.82) is 0 Å². The van der Waals surface area contributed by atoms with E-state index in [1.165, 1.54) is 0 Å². The summed E-state index contributed by atoms with van der Waals surface area (Å²) in [5.74, 6) is -0.379. The lowest BCUT2D eigenvalue weighted by Gasteiger charge is -2.34. The van der Waals surface area contributed by atoms with E-state index in [0.717, 1.165) is 25.1 Å². The van der Waals surface area contributed by atoms with E-state index in [9.17, 15) is 18.0 Å². The number of nitrogens with zero attached hydrogens (tertiary/aromatic N) is 5. The topological polar surface area (TPSA) is 64.6 Å². The first-order valence-corrected chi connectivity index (χ1v) is 10.5. The number of amides is 2. The highest BCUT2D eigenvalue weighted by Crippen LogP contribution is 2.44. The lowest BCUT2D eigenvalue weighted by atomic mass is 9.97. The fourth-order valence-electron chi connectivity index (χ4n) is 4.75. The Morgan fingerprint density at radius 1 is 1.13 bits per heavy atom. The van der Waals surface area contributed by atoms with Gasteiger partial charge in [0.15, 0.2) is 5.82 Å². The molecule has 7 nitrogen and oxygen atoms in total. The number of nitrogens with one attached hydrogen (secondary N) is 1. The van der Waals surface area contributed by atoms with Crippen LogP contribution in [0.5, 0.6) is 0 Å². The quantitative estimate of drug-likeness (QED) is 0.769. The Kier molecular flexibility index (Phi) is 4.86. The zero-order valence-electron chi connectivity index (χ0n) is 16.8. The van der Waals surface area contributed by atoms with E-state index >= 15 is 0 Å². The lowest BCUT2D eigenvalue weighted by molar-refractivity contribution is -0.176. The fourth-order valence-corrected chi connectivity index (χ4v) is 4.75. The van der Waals surface area contributed by atoms with Gasteiger partial charge in [0, 0.05) is 25.8 Å². The molecule has 0 saturated carbocycles. The minimum atomic E-state index is -4.21. The fraction of sp³-hybridized carbons (Fsp3) is 0.476. The normalized spacial score (nSPS) is 23.0. The summed E-state index contributed by atoms with van der Waals surface area (Å²) in [5, 5.41) is 2.86. The predicted octanol–water partition coefficient (Wildman–Crippen LogP) is 4.23. The first-order valence-electron chi connectivity index (χ1n) is 10.5. The maximum atomic E-state index is 13.3. The van der Waals surface area contributed by atoms with Crippen molar-refractivity contribution in [2.75, 3.05) is 39.7 Å². The number of pyridine rings is 2. The molecule has 0 aromatic carbocycles. The van der Waals surface area contributed by atoms with Gasteiger partial charge in [0.2, 0.25) is 0 Å². The average molecular weight is 432 g/mol. The Labute approximate surface area is 177 Å². The monoisotopic (exact) mass is 432 g/mol. The van der Waals surface area contributed by atoms with Gasteiger partial charge in [-0.1, -0.05) is 0 Å². The molecule has 0 bridgehead atoms. The highest BCUT2D eigenvalue weighted by molar-refractivity contribution is 6.05. The van der Waals surface area contributed by atoms with Crippen LogP contribution in [0.2, 0.25) is 0 Å². The first-order chi connectivity index (χ1) is 14.9. The van der Waals surface area contributed by atoms with Crippen LogP contribution in [0.3, 0.4) is 0 Å². The summed E-state index contributed by atoms with van der Waals surface area (Å²) < 4.78 is 39.8. The Balaban J connectivity index is 1.44. The molecule has 5 rings (SSSR count). The molecule has 3 aliphatic heterocycles. The number of fused-ring (bicyclic) bond motifs is 3. The van der Waals surface area contributed by atoms with Crippen LogP contribution in [-0.2, 0) is 0 Å². The molecule has 3 aliphatic rings. The minimum absolute atomic E-state index is 0.107. The highest BCUT2D eigenvalue weighted by atomic mass is 19.4. The SMILES string of the molecule is O=C(Nc1cccnc1)N1c2nc(N3CCCC(C(F)(F)F)C3)ccc2N2CCCC21. The lowest BCUT2D eigenvalue weighted by Crippen LogP contribution is -2.45. The van der Waals surface area contributed by atoms with Crippen LogP contribution in [-0.4, -0.2) is 48.0 Å². The molecular formula is C21H23F3N6O. The van der Waals surface area contributed by atoms with Crippen LogP contribution in [0, 0.1) is 5.92 Å². The van der Waals surface area contributed by atoms with E-state index < -0.39 is 12.1 Å². The molecule has 2 unspecified atom stereocenters. The van der Waals surface area contributed by atoms with E-state index in [-0.39, 0.29) is 25.2 Å². The van der Waals surface area contributed by atoms with Gasteiger partial charge in [-0.3, -0.25) is 9.88 Å². The summed E-state index contributed by atoms with van der Waals surface area (Å²) in [6.07, 6.45) is 1.21. The van der Waals surface area contributed by atoms with Crippen LogP contribution in [0.15, 0.2) is 36.7 Å². The maximum absolute atomic E-state index is 13.3. The number of rotatable bonds is 2. The Hall–Kier alpha value is -3.04. The molecule has 164 valence electrons. The van der Waals surface area contributed by atoms with Gasteiger partial charge in [-0.15, -0.1) is 0 Å². The van der Waals surface area contributed by atoms with Crippen LogP contribution < -0.4 is 20.0 Å². The molecule has 2 amide bonds. The summed E-state index contributed by atoms with van der Waals surface area (Å²) in [7, 11) is 0. The van der Waals surface area contributed by atoms with Crippen molar-refractivity contribution >= 4 is 29.0 Å². The van der Waals surface area contributed by atoms with Gasteiger partial charge in [0.05, 0.1) is 23.5 Å². The average Bonchev–Trinajstić information content (AvgIpc) is 3.34. The number of aromatic nitrogens is 2. The number of alkyl halides is 3. The second-order valence-corrected chi connectivity index (χ2v) is 8.20. The molecule has 2 atom stereocenters. The standard InChI is InChI=1S/C21H23F3N6O/c22-21(23,24)14-4-2-10-28(13-14)17-8-7-16-19(27-17)30(18-6-3-11-29(16)18)20(31)26-15-5-1-9-25-12-15/h1,5,7-9,12,14,18H,2-4,6,10-11,13H2,(H,26,31). The number of halogens is 3. The first kappa shape index (κ1) is 19.9. The number of anilines is 4. The van der Waals surface area contributed by atoms with E-state index in [1.54, 1.807) is 40.4 Å². The van der Waals surface area contributed by atoms with Crippen LogP contribution in [0.25, 0.3) is 0 Å². The van der Waals surface area contributed by atoms with E-state index in [1.807, 2.05) is 6.07 Å². The Bertz CT molecular complexity index is 969. The van der Waals surface area contributed by atoms with Gasteiger partial charge in [-0.05, 0) is 49.9 Å². The third-order valence-corrected chi connectivity index (χ3v) is 6.24. The van der Waals surface area contributed by atoms with Gasteiger partial charge >= 0.3 is 12.2 Å². The molecule has 2 aromatic rings. The van der Waals surface area contributed by atoms with E-state index in [4.69, 9.17) is 0 Å². The van der Waals surface area contributed by atoms with Crippen LogP contribution >= 0.6 is 0 Å². The number of hydrogen-bond donors (Lipinski definition) is 1. The van der Waals surface area contributed by atoms with Gasteiger partial charge < -0.3 is 15.1 Å². The highest BCUT2D eigenvalue weighted by Gasteiger charge is 2.45. The molecule has 0 radical (unpaired) electrons. The number of hydrogen-bond acceptors (Lipinski definition) is 5. The van der Waals surface area contributed by atoms with Gasteiger partial charge in [0.25, 0.3) is 0 Å². The van der Waals surface area contributed by atoms with Crippen LogP contribution in [0.1, 0.15) is 25.7 Å². The second-order valence-electron chi connectivity index (χ2n) is 8.20. The number of carbonyl (C=O) groups excluding carboxylic acids is 1. The molecule has 2 aromatic heterocycles. The minimum Gasteiger partial charge on any atom is -0.356 e. The van der Waals surface area contributed by atoms with Gasteiger partial charge in [-0.2, -0.15) is 13.2 Å². The summed E-state index contributed by atoms with van der Waals surface area (Å²) in [6.45, 7) is 1.23. The molecule has 0 aliphatic carbocycles. The maximum Gasteiger partial charge on any atom is 0.393 e. The third-order valence-electron chi connectivity index (χ3n) is 6.24.